The van der Waals surface area contributed by atoms with E-state index in [-0.39, 0.29) is 6.54 Å². The number of aromatic nitrogens is 2. The van der Waals surface area contributed by atoms with Crippen LogP contribution in [0.5, 0.6) is 0 Å². The molecule has 0 amide bonds. The number of thiazole rings is 1. The summed E-state index contributed by atoms with van der Waals surface area (Å²) in [6.45, 7) is 3.83. The van der Waals surface area contributed by atoms with E-state index in [9.17, 15) is 18.0 Å². The zero-order chi connectivity index (χ0) is 21.0. The van der Waals surface area contributed by atoms with Crippen molar-refractivity contribution in [1.82, 2.24) is 9.55 Å². The first kappa shape index (κ1) is 20.8. The van der Waals surface area contributed by atoms with Gasteiger partial charge in [-0.15, -0.1) is 11.3 Å². The number of hydrogen-bond donors (Lipinski definition) is 1. The van der Waals surface area contributed by atoms with Crippen molar-refractivity contribution in [1.29, 1.82) is 0 Å². The summed E-state index contributed by atoms with van der Waals surface area (Å²) in [6.07, 6.45) is -2.95. The summed E-state index contributed by atoms with van der Waals surface area (Å²) >= 11 is 1.42. The van der Waals surface area contributed by atoms with Crippen molar-refractivity contribution in [3.8, 4) is 0 Å². The number of benzene rings is 1. The van der Waals surface area contributed by atoms with Crippen molar-refractivity contribution >= 4 is 22.7 Å². The fraction of sp³-hybridized carbons (Fsp3) is 0.250. The van der Waals surface area contributed by atoms with Crippen LogP contribution in [0.4, 0.5) is 18.9 Å². The summed E-state index contributed by atoms with van der Waals surface area (Å²) in [4.78, 5) is 17.4. The highest BCUT2D eigenvalue weighted by Gasteiger charge is 2.34. The summed E-state index contributed by atoms with van der Waals surface area (Å²) in [6, 6.07) is 11.5. The standard InChI is InChI=1S/C20H19F3N4OS/c1-13-18(14(2)25-26-15-7-4-3-5-8-15)29-17(24-13)10-12-27-11-6-9-16(19(27)28)20(21,22)23/h3-9,11,26H,10,12H2,1-2H3/b25-14+. The number of hydrogen-bond acceptors (Lipinski definition) is 5. The monoisotopic (exact) mass is 420 g/mol. The van der Waals surface area contributed by atoms with Crippen LogP contribution in [0, 0.1) is 6.92 Å². The van der Waals surface area contributed by atoms with Crippen LogP contribution in [0.2, 0.25) is 0 Å². The van der Waals surface area contributed by atoms with Crippen molar-refractivity contribution in [3.05, 3.63) is 80.2 Å². The van der Waals surface area contributed by atoms with Crippen LogP contribution in [-0.4, -0.2) is 15.3 Å². The second-order valence-electron chi connectivity index (χ2n) is 6.37. The molecule has 0 aliphatic rings. The van der Waals surface area contributed by atoms with Gasteiger partial charge in [-0.3, -0.25) is 10.2 Å². The summed E-state index contributed by atoms with van der Waals surface area (Å²) in [5, 5.41) is 5.10. The molecule has 2 aromatic heterocycles. The van der Waals surface area contributed by atoms with Crippen molar-refractivity contribution in [3.63, 3.8) is 0 Å². The number of rotatable bonds is 6. The molecule has 1 N–H and O–H groups in total. The Morgan fingerprint density at radius 3 is 2.62 bits per heavy atom. The number of alkyl halides is 3. The third-order valence-electron chi connectivity index (χ3n) is 4.19. The Morgan fingerprint density at radius 2 is 1.93 bits per heavy atom. The fourth-order valence-electron chi connectivity index (χ4n) is 2.75. The van der Waals surface area contributed by atoms with E-state index in [2.05, 4.69) is 15.5 Å². The number of halogens is 3. The largest absolute Gasteiger partial charge is 0.421 e. The van der Waals surface area contributed by atoms with Crippen molar-refractivity contribution in [2.45, 2.75) is 33.0 Å². The Hall–Kier alpha value is -2.94. The molecule has 0 bridgehead atoms. The molecule has 0 radical (unpaired) electrons. The smallest absolute Gasteiger partial charge is 0.315 e. The number of hydrazone groups is 1. The lowest BCUT2D eigenvalue weighted by Crippen LogP contribution is -2.28. The van der Waals surface area contributed by atoms with E-state index in [4.69, 9.17) is 0 Å². The third-order valence-corrected chi connectivity index (χ3v) is 5.51. The van der Waals surface area contributed by atoms with Gasteiger partial charge in [0.2, 0.25) is 0 Å². The van der Waals surface area contributed by atoms with Crippen LogP contribution in [0.1, 0.15) is 28.1 Å². The Morgan fingerprint density at radius 1 is 1.21 bits per heavy atom. The minimum atomic E-state index is -4.66. The molecule has 1 aromatic carbocycles. The fourth-order valence-corrected chi connectivity index (χ4v) is 3.75. The highest BCUT2D eigenvalue weighted by atomic mass is 32.1. The quantitative estimate of drug-likeness (QED) is 0.464. The van der Waals surface area contributed by atoms with Crippen LogP contribution in [0.15, 0.2) is 58.6 Å². The molecule has 3 rings (SSSR count). The maximum absolute atomic E-state index is 12.9. The number of nitrogens with zero attached hydrogens (tertiary/aromatic N) is 3. The first-order valence-electron chi connectivity index (χ1n) is 8.84. The molecule has 5 nitrogen and oxygen atoms in total. The Bertz CT molecular complexity index is 1070. The highest BCUT2D eigenvalue weighted by molar-refractivity contribution is 7.13. The molecule has 0 aliphatic heterocycles. The molecule has 0 spiro atoms. The predicted molar refractivity (Wildman–Crippen MR) is 109 cm³/mol. The first-order valence-corrected chi connectivity index (χ1v) is 9.66. The van der Waals surface area contributed by atoms with Crippen molar-refractivity contribution < 1.29 is 13.2 Å². The average molecular weight is 420 g/mol. The first-order chi connectivity index (χ1) is 13.8. The normalized spacial score (nSPS) is 12.2. The molecule has 0 saturated carbocycles. The lowest BCUT2D eigenvalue weighted by Gasteiger charge is -2.09. The highest BCUT2D eigenvalue weighted by Crippen LogP contribution is 2.26. The number of pyridine rings is 1. The summed E-state index contributed by atoms with van der Waals surface area (Å²) < 4.78 is 39.7. The molecule has 9 heteroatoms. The third kappa shape index (κ3) is 5.11. The van der Waals surface area contributed by atoms with E-state index in [0.29, 0.717) is 6.42 Å². The average Bonchev–Trinajstić information content (AvgIpc) is 3.06. The van der Waals surface area contributed by atoms with Gasteiger partial charge in [0, 0.05) is 19.2 Å². The molecule has 0 saturated heterocycles. The summed E-state index contributed by atoms with van der Waals surface area (Å²) in [5.74, 6) is 0. The molecule has 29 heavy (non-hydrogen) atoms. The second-order valence-corrected chi connectivity index (χ2v) is 7.45. The van der Waals surface area contributed by atoms with Gasteiger partial charge in [-0.05, 0) is 38.1 Å². The molecule has 0 fully saturated rings. The van der Waals surface area contributed by atoms with Crippen LogP contribution >= 0.6 is 11.3 Å². The Labute approximate surface area is 169 Å². The zero-order valence-corrected chi connectivity index (χ0v) is 16.6. The maximum Gasteiger partial charge on any atom is 0.421 e. The van der Waals surface area contributed by atoms with E-state index in [1.54, 1.807) is 0 Å². The van der Waals surface area contributed by atoms with E-state index < -0.39 is 17.3 Å². The Balaban J connectivity index is 1.72. The van der Waals surface area contributed by atoms with Crippen LogP contribution in [0.3, 0.4) is 0 Å². The van der Waals surface area contributed by atoms with Gasteiger partial charge in [-0.25, -0.2) is 4.98 Å². The Kier molecular flexibility index (Phi) is 6.17. The van der Waals surface area contributed by atoms with Gasteiger partial charge in [-0.1, -0.05) is 18.2 Å². The van der Waals surface area contributed by atoms with E-state index >= 15 is 0 Å². The summed E-state index contributed by atoms with van der Waals surface area (Å²) in [7, 11) is 0. The van der Waals surface area contributed by atoms with Gasteiger partial charge in [0.15, 0.2) is 0 Å². The van der Waals surface area contributed by atoms with Gasteiger partial charge in [0.05, 0.1) is 27.0 Å². The number of nitrogens with one attached hydrogen (secondary N) is 1. The molecular weight excluding hydrogens is 401 g/mol. The molecule has 0 atom stereocenters. The van der Waals surface area contributed by atoms with Gasteiger partial charge >= 0.3 is 6.18 Å². The molecule has 0 aliphatic carbocycles. The van der Waals surface area contributed by atoms with Gasteiger partial charge in [-0.2, -0.15) is 18.3 Å². The lowest BCUT2D eigenvalue weighted by atomic mass is 10.2. The van der Waals surface area contributed by atoms with E-state index in [1.165, 1.54) is 23.6 Å². The SMILES string of the molecule is C/C(=N\Nc1ccccc1)c1sc(CCn2cccc(C(F)(F)F)c2=O)nc1C. The molecule has 0 unspecified atom stereocenters. The van der Waals surface area contributed by atoms with Gasteiger partial charge in [0.25, 0.3) is 5.56 Å². The van der Waals surface area contributed by atoms with E-state index in [0.717, 1.165) is 37.6 Å². The molecule has 3 aromatic rings. The zero-order valence-electron chi connectivity index (χ0n) is 15.8. The number of aryl methyl sites for hydroxylation is 3. The minimum absolute atomic E-state index is 0.119. The second kappa shape index (κ2) is 8.60. The van der Waals surface area contributed by atoms with Crippen LogP contribution in [0.25, 0.3) is 0 Å². The lowest BCUT2D eigenvalue weighted by molar-refractivity contribution is -0.139. The van der Waals surface area contributed by atoms with Crippen LogP contribution in [-0.2, 0) is 19.1 Å². The predicted octanol–water partition coefficient (Wildman–Crippen LogP) is 4.71. The topological polar surface area (TPSA) is 59.3 Å². The van der Waals surface area contributed by atoms with E-state index in [1.807, 2.05) is 44.2 Å². The molecule has 2 heterocycles. The van der Waals surface area contributed by atoms with Crippen LogP contribution < -0.4 is 11.0 Å². The number of para-hydroxylation sites is 1. The molecule has 152 valence electrons. The van der Waals surface area contributed by atoms with Crippen molar-refractivity contribution in [2.75, 3.05) is 5.43 Å². The number of anilines is 1. The maximum atomic E-state index is 12.9. The minimum Gasteiger partial charge on any atom is -0.315 e. The van der Waals surface area contributed by atoms with Gasteiger partial charge in [0.1, 0.15) is 5.56 Å². The van der Waals surface area contributed by atoms with Crippen molar-refractivity contribution in [2.24, 2.45) is 5.10 Å². The summed E-state index contributed by atoms with van der Waals surface area (Å²) in [5.41, 5.74) is 3.18. The molecular formula is C20H19F3N4OS. The van der Waals surface area contributed by atoms with Gasteiger partial charge < -0.3 is 4.57 Å².